The molecular weight excluding hydrogens is 343 g/mol. The van der Waals surface area contributed by atoms with Crippen molar-refractivity contribution >= 4 is 33.2 Å². The van der Waals surface area contributed by atoms with Gasteiger partial charge in [0.05, 0.1) is 15.6 Å². The number of carbonyl (C=O) groups excluding carboxylic acids is 1. The summed E-state index contributed by atoms with van der Waals surface area (Å²) in [5, 5.41) is 2.45. The molecule has 0 radical (unpaired) electrons. The number of nitrogens with one attached hydrogen (secondary N) is 2. The number of benzene rings is 2. The van der Waals surface area contributed by atoms with Crippen LogP contribution in [0.2, 0.25) is 5.02 Å². The monoisotopic (exact) mass is 356 g/mol. The van der Waals surface area contributed by atoms with Crippen molar-refractivity contribution in [3.05, 3.63) is 58.9 Å². The Morgan fingerprint density at radius 1 is 1.17 bits per heavy atom. The molecule has 0 aromatic heterocycles. The lowest BCUT2D eigenvalue weighted by molar-refractivity contribution is -0.119. The number of amides is 1. The average molecular weight is 357 g/mol. The molecule has 0 spiro atoms. The van der Waals surface area contributed by atoms with Crippen molar-refractivity contribution < 1.29 is 17.6 Å². The summed E-state index contributed by atoms with van der Waals surface area (Å²) in [4.78, 5) is 10.9. The van der Waals surface area contributed by atoms with Crippen molar-refractivity contribution in [3.8, 4) is 0 Å². The van der Waals surface area contributed by atoms with Gasteiger partial charge in [-0.2, -0.15) is 0 Å². The Balaban J connectivity index is 2.15. The summed E-state index contributed by atoms with van der Waals surface area (Å²) in [6.45, 7) is 1.72. The van der Waals surface area contributed by atoms with Gasteiger partial charge >= 0.3 is 0 Å². The molecule has 122 valence electrons. The van der Waals surface area contributed by atoms with Crippen molar-refractivity contribution in [2.45, 2.75) is 18.4 Å². The number of carbonyl (C=O) groups is 1. The van der Waals surface area contributed by atoms with Crippen molar-refractivity contribution in [1.82, 2.24) is 5.32 Å². The second-order valence-electron chi connectivity index (χ2n) is 4.79. The van der Waals surface area contributed by atoms with E-state index >= 15 is 0 Å². The lowest BCUT2D eigenvalue weighted by Gasteiger charge is -2.09. The predicted molar refractivity (Wildman–Crippen MR) is 86.2 cm³/mol. The maximum atomic E-state index is 13.1. The van der Waals surface area contributed by atoms with Gasteiger partial charge in [0.25, 0.3) is 10.0 Å². The zero-order valence-electron chi connectivity index (χ0n) is 12.1. The lowest BCUT2D eigenvalue weighted by Crippen LogP contribution is -2.19. The molecule has 0 fully saturated rings. The minimum absolute atomic E-state index is 0.0459. The third-order valence-electron chi connectivity index (χ3n) is 2.95. The number of anilines is 1. The Morgan fingerprint density at radius 3 is 2.39 bits per heavy atom. The van der Waals surface area contributed by atoms with Crippen LogP contribution in [-0.2, 0) is 21.4 Å². The molecule has 2 aromatic rings. The normalized spacial score (nSPS) is 11.1. The molecule has 0 heterocycles. The van der Waals surface area contributed by atoms with Gasteiger partial charge in [-0.1, -0.05) is 23.7 Å². The minimum Gasteiger partial charge on any atom is -0.352 e. The molecule has 2 aromatic carbocycles. The Bertz CT molecular complexity index is 823. The zero-order valence-corrected chi connectivity index (χ0v) is 13.7. The van der Waals surface area contributed by atoms with E-state index in [1.807, 2.05) is 0 Å². The van der Waals surface area contributed by atoms with Crippen molar-refractivity contribution in [2.75, 3.05) is 4.72 Å². The van der Waals surface area contributed by atoms with Gasteiger partial charge in [0.2, 0.25) is 5.91 Å². The minimum atomic E-state index is -3.81. The van der Waals surface area contributed by atoms with Gasteiger partial charge in [-0.05, 0) is 35.9 Å². The first-order valence-electron chi connectivity index (χ1n) is 6.59. The highest BCUT2D eigenvalue weighted by molar-refractivity contribution is 7.92. The fourth-order valence-corrected chi connectivity index (χ4v) is 3.02. The summed E-state index contributed by atoms with van der Waals surface area (Å²) in [5.41, 5.74) is 0.933. The van der Waals surface area contributed by atoms with Gasteiger partial charge in [0, 0.05) is 13.5 Å². The predicted octanol–water partition coefficient (Wildman–Crippen LogP) is 2.92. The van der Waals surface area contributed by atoms with Crippen LogP contribution < -0.4 is 10.0 Å². The highest BCUT2D eigenvalue weighted by Crippen LogP contribution is 2.22. The highest BCUT2D eigenvalue weighted by atomic mass is 35.5. The third-order valence-corrected chi connectivity index (χ3v) is 4.63. The second-order valence-corrected chi connectivity index (χ2v) is 6.88. The van der Waals surface area contributed by atoms with Crippen molar-refractivity contribution in [3.63, 3.8) is 0 Å². The molecule has 2 N–H and O–H groups in total. The van der Waals surface area contributed by atoms with Gasteiger partial charge in [0.15, 0.2) is 0 Å². The van der Waals surface area contributed by atoms with E-state index in [2.05, 4.69) is 10.0 Å². The first kappa shape index (κ1) is 17.2. The van der Waals surface area contributed by atoms with Gasteiger partial charge in [-0.15, -0.1) is 0 Å². The smallest absolute Gasteiger partial charge is 0.261 e. The molecular formula is C15H14ClFN2O3S. The highest BCUT2D eigenvalue weighted by Gasteiger charge is 2.15. The molecule has 2 rings (SSSR count). The number of hydrogen-bond acceptors (Lipinski definition) is 3. The first-order chi connectivity index (χ1) is 10.8. The Hall–Kier alpha value is -2.12. The molecule has 0 saturated heterocycles. The van der Waals surface area contributed by atoms with Crippen LogP contribution >= 0.6 is 11.6 Å². The van der Waals surface area contributed by atoms with E-state index in [4.69, 9.17) is 11.6 Å². The Labute approximate surface area is 138 Å². The number of sulfonamides is 1. The van der Waals surface area contributed by atoms with E-state index in [0.29, 0.717) is 6.54 Å². The fraction of sp³-hybridized carbons (Fsp3) is 0.133. The van der Waals surface area contributed by atoms with Gasteiger partial charge in [-0.3, -0.25) is 9.52 Å². The summed E-state index contributed by atoms with van der Waals surface area (Å²) < 4.78 is 39.9. The number of halogens is 2. The van der Waals surface area contributed by atoms with Crippen LogP contribution in [0.25, 0.3) is 0 Å². The summed E-state index contributed by atoms with van der Waals surface area (Å²) in [6.07, 6.45) is 0. The summed E-state index contributed by atoms with van der Waals surface area (Å²) >= 11 is 5.63. The molecule has 0 atom stereocenters. The molecule has 0 unspecified atom stereocenters. The lowest BCUT2D eigenvalue weighted by atomic mass is 10.2. The van der Waals surface area contributed by atoms with Gasteiger partial charge < -0.3 is 5.32 Å². The second kappa shape index (κ2) is 6.97. The van der Waals surface area contributed by atoms with Crippen LogP contribution in [-0.4, -0.2) is 14.3 Å². The zero-order chi connectivity index (χ0) is 17.0. The average Bonchev–Trinajstić information content (AvgIpc) is 2.49. The van der Waals surface area contributed by atoms with Crippen LogP contribution in [0, 0.1) is 5.82 Å². The van der Waals surface area contributed by atoms with E-state index in [9.17, 15) is 17.6 Å². The standard InChI is InChI=1S/C15H14ClFN2O3S/c1-10(20)18-9-11-2-5-13(6-3-11)23(21,22)19-12-4-7-15(17)14(16)8-12/h2-8,19H,9H2,1H3,(H,18,20). The summed E-state index contributed by atoms with van der Waals surface area (Å²) in [5.74, 6) is -0.798. The maximum absolute atomic E-state index is 13.1. The Morgan fingerprint density at radius 2 is 1.83 bits per heavy atom. The molecule has 0 aliphatic rings. The maximum Gasteiger partial charge on any atom is 0.261 e. The molecule has 0 bridgehead atoms. The number of rotatable bonds is 5. The van der Waals surface area contributed by atoms with E-state index in [0.717, 1.165) is 11.6 Å². The van der Waals surface area contributed by atoms with Crippen LogP contribution in [0.1, 0.15) is 12.5 Å². The quantitative estimate of drug-likeness (QED) is 0.865. The Kier molecular flexibility index (Phi) is 5.23. The largest absolute Gasteiger partial charge is 0.352 e. The SMILES string of the molecule is CC(=O)NCc1ccc(S(=O)(=O)Nc2ccc(F)c(Cl)c2)cc1. The van der Waals surface area contributed by atoms with E-state index < -0.39 is 15.8 Å². The van der Waals surface area contributed by atoms with E-state index in [-0.39, 0.29) is 21.5 Å². The van der Waals surface area contributed by atoms with E-state index in [1.165, 1.54) is 31.2 Å². The first-order valence-corrected chi connectivity index (χ1v) is 8.45. The van der Waals surface area contributed by atoms with Crippen LogP contribution in [0.5, 0.6) is 0 Å². The third kappa shape index (κ3) is 4.67. The molecule has 1 amide bonds. The van der Waals surface area contributed by atoms with Crippen molar-refractivity contribution in [2.24, 2.45) is 0 Å². The van der Waals surface area contributed by atoms with E-state index in [1.54, 1.807) is 12.1 Å². The van der Waals surface area contributed by atoms with Crippen LogP contribution in [0.4, 0.5) is 10.1 Å². The van der Waals surface area contributed by atoms with Crippen LogP contribution in [0.15, 0.2) is 47.4 Å². The molecule has 23 heavy (non-hydrogen) atoms. The summed E-state index contributed by atoms with van der Waals surface area (Å²) in [7, 11) is -3.81. The molecule has 0 saturated carbocycles. The number of hydrogen-bond donors (Lipinski definition) is 2. The topological polar surface area (TPSA) is 75.3 Å². The molecule has 0 aliphatic carbocycles. The van der Waals surface area contributed by atoms with Crippen molar-refractivity contribution in [1.29, 1.82) is 0 Å². The molecule has 5 nitrogen and oxygen atoms in total. The van der Waals surface area contributed by atoms with Gasteiger partial charge in [0.1, 0.15) is 5.82 Å². The molecule has 8 heteroatoms. The van der Waals surface area contributed by atoms with Crippen LogP contribution in [0.3, 0.4) is 0 Å². The van der Waals surface area contributed by atoms with Gasteiger partial charge in [-0.25, -0.2) is 12.8 Å². The fourth-order valence-electron chi connectivity index (χ4n) is 1.79. The summed E-state index contributed by atoms with van der Waals surface area (Å²) in [6, 6.07) is 9.60. The molecule has 0 aliphatic heterocycles.